The normalized spacial score (nSPS) is 11.0. The molecule has 8 aromatic rings. The third kappa shape index (κ3) is 5.31. The molecule has 0 radical (unpaired) electrons. The van der Waals surface area contributed by atoms with Gasteiger partial charge in [-0.25, -0.2) is 15.0 Å². The molecule has 46 heavy (non-hydrogen) atoms. The van der Waals surface area contributed by atoms with Crippen LogP contribution in [0.1, 0.15) is 0 Å². The van der Waals surface area contributed by atoms with Crippen molar-refractivity contribution in [2.24, 2.45) is 0 Å². The molecule has 8 rings (SSSR count). The molecular weight excluding hydrogens is 562 g/mol. The van der Waals surface area contributed by atoms with E-state index in [-0.39, 0.29) is 0 Å². The van der Waals surface area contributed by atoms with Crippen molar-refractivity contribution < 1.29 is 0 Å². The second kappa shape index (κ2) is 12.0. The van der Waals surface area contributed by atoms with Crippen LogP contribution in [0.3, 0.4) is 0 Å². The Hall–Kier alpha value is -6.33. The standard InChI is InChI=1S/C41H27N5/c1-2-9-28(10-3-1)29-17-19-31(20-18-29)36-22-21-32(25-38(36)37-16-6-12-30-11-4-5-15-35(30)37)39-44-40(33-13-7-23-42-26-33)46-41(45-39)34-14-8-24-43-27-34/h1-27H. The molecule has 3 heterocycles. The van der Waals surface area contributed by atoms with Gasteiger partial charge in [0.2, 0.25) is 0 Å². The highest BCUT2D eigenvalue weighted by Crippen LogP contribution is 2.39. The summed E-state index contributed by atoms with van der Waals surface area (Å²) in [6.45, 7) is 0. The Labute approximate surface area is 267 Å². The first-order chi connectivity index (χ1) is 22.8. The molecule has 0 bridgehead atoms. The van der Waals surface area contributed by atoms with Gasteiger partial charge in [0, 0.05) is 41.5 Å². The topological polar surface area (TPSA) is 64.5 Å². The van der Waals surface area contributed by atoms with Crippen molar-refractivity contribution in [3.63, 3.8) is 0 Å². The minimum absolute atomic E-state index is 0.559. The molecule has 0 N–H and O–H groups in total. The van der Waals surface area contributed by atoms with E-state index in [9.17, 15) is 0 Å². The van der Waals surface area contributed by atoms with Crippen molar-refractivity contribution in [1.82, 2.24) is 24.9 Å². The van der Waals surface area contributed by atoms with Gasteiger partial charge >= 0.3 is 0 Å². The number of hydrogen-bond acceptors (Lipinski definition) is 5. The first kappa shape index (κ1) is 27.2. The van der Waals surface area contributed by atoms with Gasteiger partial charge in [-0.2, -0.15) is 0 Å². The van der Waals surface area contributed by atoms with Crippen LogP contribution in [0.25, 0.3) is 78.3 Å². The van der Waals surface area contributed by atoms with Gasteiger partial charge in [-0.3, -0.25) is 9.97 Å². The van der Waals surface area contributed by atoms with Crippen LogP contribution < -0.4 is 0 Å². The highest BCUT2D eigenvalue weighted by atomic mass is 15.0. The van der Waals surface area contributed by atoms with E-state index in [2.05, 4.69) is 119 Å². The fraction of sp³-hybridized carbons (Fsp3) is 0. The van der Waals surface area contributed by atoms with Crippen LogP contribution in [0.4, 0.5) is 0 Å². The van der Waals surface area contributed by atoms with Gasteiger partial charge in [0.15, 0.2) is 17.5 Å². The largest absolute Gasteiger partial charge is 0.264 e. The first-order valence-electron chi connectivity index (χ1n) is 15.2. The molecule has 216 valence electrons. The number of rotatable bonds is 6. The van der Waals surface area contributed by atoms with E-state index < -0.39 is 0 Å². The predicted molar refractivity (Wildman–Crippen MR) is 186 cm³/mol. The number of benzene rings is 5. The summed E-state index contributed by atoms with van der Waals surface area (Å²) >= 11 is 0. The summed E-state index contributed by atoms with van der Waals surface area (Å²) in [6, 6.07) is 48.4. The summed E-state index contributed by atoms with van der Waals surface area (Å²) in [5.41, 5.74) is 9.44. The highest BCUT2D eigenvalue weighted by molar-refractivity contribution is 6.01. The fourth-order valence-electron chi connectivity index (χ4n) is 5.84. The van der Waals surface area contributed by atoms with E-state index in [1.54, 1.807) is 24.8 Å². The third-order valence-corrected chi connectivity index (χ3v) is 8.14. The number of aromatic nitrogens is 5. The summed E-state index contributed by atoms with van der Waals surface area (Å²) in [5.74, 6) is 1.70. The smallest absolute Gasteiger partial charge is 0.165 e. The third-order valence-electron chi connectivity index (χ3n) is 8.14. The Morgan fingerprint density at radius 2 is 0.870 bits per heavy atom. The zero-order chi connectivity index (χ0) is 30.7. The van der Waals surface area contributed by atoms with Crippen molar-refractivity contribution in [3.05, 3.63) is 164 Å². The molecule has 0 fully saturated rings. The van der Waals surface area contributed by atoms with Crippen molar-refractivity contribution in [2.45, 2.75) is 0 Å². The lowest BCUT2D eigenvalue weighted by Gasteiger charge is -2.16. The molecule has 5 nitrogen and oxygen atoms in total. The minimum Gasteiger partial charge on any atom is -0.264 e. The summed E-state index contributed by atoms with van der Waals surface area (Å²) < 4.78 is 0. The monoisotopic (exact) mass is 589 g/mol. The van der Waals surface area contributed by atoms with Crippen molar-refractivity contribution >= 4 is 10.8 Å². The van der Waals surface area contributed by atoms with Gasteiger partial charge in [-0.1, -0.05) is 109 Å². The van der Waals surface area contributed by atoms with E-state index >= 15 is 0 Å². The van der Waals surface area contributed by atoms with Gasteiger partial charge in [-0.15, -0.1) is 0 Å². The molecular formula is C41H27N5. The molecule has 0 spiro atoms. The van der Waals surface area contributed by atoms with E-state index in [0.717, 1.165) is 38.9 Å². The maximum Gasteiger partial charge on any atom is 0.165 e. The molecule has 0 atom stereocenters. The van der Waals surface area contributed by atoms with Crippen molar-refractivity contribution in [3.8, 4) is 67.5 Å². The van der Waals surface area contributed by atoms with E-state index in [4.69, 9.17) is 15.0 Å². The van der Waals surface area contributed by atoms with Crippen LogP contribution in [-0.4, -0.2) is 24.9 Å². The lowest BCUT2D eigenvalue weighted by Crippen LogP contribution is -2.01. The molecule has 0 aliphatic heterocycles. The molecule has 5 aromatic carbocycles. The van der Waals surface area contributed by atoms with Gasteiger partial charge in [-0.05, 0) is 74.5 Å². The highest BCUT2D eigenvalue weighted by Gasteiger charge is 2.17. The SMILES string of the molecule is c1ccc(-c2ccc(-c3ccc(-c4nc(-c5cccnc5)nc(-c5cccnc5)n4)cc3-c3cccc4ccccc34)cc2)cc1. The van der Waals surface area contributed by atoms with E-state index in [0.29, 0.717) is 17.5 Å². The lowest BCUT2D eigenvalue weighted by atomic mass is 9.89. The Kier molecular flexibility index (Phi) is 7.09. The minimum atomic E-state index is 0.559. The summed E-state index contributed by atoms with van der Waals surface area (Å²) in [6.07, 6.45) is 7.04. The lowest BCUT2D eigenvalue weighted by molar-refractivity contribution is 1.07. The zero-order valence-electron chi connectivity index (χ0n) is 24.8. The number of nitrogens with zero attached hydrogens (tertiary/aromatic N) is 5. The maximum absolute atomic E-state index is 4.96. The van der Waals surface area contributed by atoms with Crippen LogP contribution in [0.15, 0.2) is 164 Å². The number of pyridine rings is 2. The second-order valence-electron chi connectivity index (χ2n) is 11.0. The van der Waals surface area contributed by atoms with Crippen LogP contribution in [0.2, 0.25) is 0 Å². The van der Waals surface area contributed by atoms with Crippen LogP contribution in [-0.2, 0) is 0 Å². The van der Waals surface area contributed by atoms with Crippen LogP contribution in [0.5, 0.6) is 0 Å². The Balaban J connectivity index is 1.32. The van der Waals surface area contributed by atoms with Crippen molar-refractivity contribution in [1.29, 1.82) is 0 Å². The maximum atomic E-state index is 4.96. The zero-order valence-corrected chi connectivity index (χ0v) is 24.8. The Bertz CT molecular complexity index is 2220. The number of hydrogen-bond donors (Lipinski definition) is 0. The molecule has 0 saturated heterocycles. The first-order valence-corrected chi connectivity index (χ1v) is 15.2. The molecule has 0 aliphatic carbocycles. The molecule has 5 heteroatoms. The van der Waals surface area contributed by atoms with Gasteiger partial charge < -0.3 is 0 Å². The molecule has 0 aliphatic rings. The van der Waals surface area contributed by atoms with Crippen molar-refractivity contribution in [2.75, 3.05) is 0 Å². The second-order valence-corrected chi connectivity index (χ2v) is 11.0. The fourth-order valence-corrected chi connectivity index (χ4v) is 5.84. The molecule has 0 amide bonds. The molecule has 0 saturated carbocycles. The van der Waals surface area contributed by atoms with Gasteiger partial charge in [0.1, 0.15) is 0 Å². The van der Waals surface area contributed by atoms with Gasteiger partial charge in [0.25, 0.3) is 0 Å². The molecule has 3 aromatic heterocycles. The quantitative estimate of drug-likeness (QED) is 0.193. The summed E-state index contributed by atoms with van der Waals surface area (Å²) in [4.78, 5) is 23.4. The number of fused-ring (bicyclic) bond motifs is 1. The summed E-state index contributed by atoms with van der Waals surface area (Å²) in [5, 5.41) is 2.38. The Morgan fingerprint density at radius 3 is 1.54 bits per heavy atom. The average molecular weight is 590 g/mol. The predicted octanol–water partition coefficient (Wildman–Crippen LogP) is 9.82. The summed E-state index contributed by atoms with van der Waals surface area (Å²) in [7, 11) is 0. The van der Waals surface area contributed by atoms with Gasteiger partial charge in [0.05, 0.1) is 0 Å². The van der Waals surface area contributed by atoms with E-state index in [1.165, 1.54) is 21.9 Å². The van der Waals surface area contributed by atoms with Crippen LogP contribution >= 0.6 is 0 Å². The average Bonchev–Trinajstić information content (AvgIpc) is 3.15. The Morgan fingerprint density at radius 1 is 0.326 bits per heavy atom. The van der Waals surface area contributed by atoms with E-state index in [1.807, 2.05) is 30.3 Å². The molecule has 0 unspecified atom stereocenters. The van der Waals surface area contributed by atoms with Crippen LogP contribution in [0, 0.1) is 0 Å².